The normalized spacial score (nSPS) is 21.2. The number of piperidine rings is 1. The van der Waals surface area contributed by atoms with Gasteiger partial charge in [0.05, 0.1) is 19.8 Å². The molecule has 10 heteroatoms. The summed E-state index contributed by atoms with van der Waals surface area (Å²) in [4.78, 5) is 8.66. The van der Waals surface area contributed by atoms with Crippen LogP contribution in [0.1, 0.15) is 33.1 Å². The molecular weight excluding hydrogens is 510 g/mol. The average Bonchev–Trinajstić information content (AvgIpc) is 2.67. The third kappa shape index (κ3) is 11.9. The van der Waals surface area contributed by atoms with Crippen LogP contribution in [0.25, 0.3) is 0 Å². The highest BCUT2D eigenvalue weighted by molar-refractivity contribution is 14.0. The minimum absolute atomic E-state index is 0. The van der Waals surface area contributed by atoms with Gasteiger partial charge in [-0.15, -0.1) is 24.0 Å². The second kappa shape index (κ2) is 14.7. The maximum absolute atomic E-state index is 12.5. The molecule has 2 fully saturated rings. The van der Waals surface area contributed by atoms with Crippen molar-refractivity contribution in [3.63, 3.8) is 0 Å². The van der Waals surface area contributed by atoms with Crippen LogP contribution < -0.4 is 10.6 Å². The Morgan fingerprint density at radius 2 is 1.77 bits per heavy atom. The minimum Gasteiger partial charge on any atom is -0.379 e. The summed E-state index contributed by atoms with van der Waals surface area (Å²) in [7, 11) is 0. The number of ether oxygens (including phenoxy) is 1. The van der Waals surface area contributed by atoms with Crippen molar-refractivity contribution in [3.8, 4) is 0 Å². The van der Waals surface area contributed by atoms with E-state index in [-0.39, 0.29) is 24.0 Å². The number of halogens is 4. The second-order valence-electron chi connectivity index (χ2n) is 8.29. The lowest BCUT2D eigenvalue weighted by molar-refractivity contribution is -0.148. The van der Waals surface area contributed by atoms with Crippen LogP contribution in [0.15, 0.2) is 4.99 Å². The van der Waals surface area contributed by atoms with E-state index >= 15 is 0 Å². The molecule has 1 atom stereocenters. The maximum Gasteiger partial charge on any atom is 0.401 e. The third-order valence-electron chi connectivity index (χ3n) is 5.53. The Hall–Kier alpha value is -0.330. The molecule has 0 aromatic carbocycles. The summed E-state index contributed by atoms with van der Waals surface area (Å²) < 4.78 is 42.8. The average molecular weight is 549 g/mol. The van der Waals surface area contributed by atoms with E-state index < -0.39 is 12.7 Å². The van der Waals surface area contributed by atoms with Crippen LogP contribution in [0.4, 0.5) is 13.2 Å². The fraction of sp³-hybridized carbons (Fsp3) is 0.950. The SMILES string of the molecule is CCNC(=NCC(C)CN1CCOCC1)NCCC1CCN(CC(F)(F)F)CC1.I. The van der Waals surface area contributed by atoms with E-state index in [0.29, 0.717) is 24.9 Å². The largest absolute Gasteiger partial charge is 0.401 e. The number of nitrogens with one attached hydrogen (secondary N) is 2. The summed E-state index contributed by atoms with van der Waals surface area (Å²) in [5.41, 5.74) is 0. The zero-order valence-electron chi connectivity index (χ0n) is 18.3. The molecule has 0 amide bonds. The van der Waals surface area contributed by atoms with Crippen molar-refractivity contribution in [2.75, 3.05) is 72.1 Å². The van der Waals surface area contributed by atoms with Crippen LogP contribution in [-0.4, -0.2) is 94.1 Å². The molecule has 1 unspecified atom stereocenters. The Bertz CT molecular complexity index is 482. The highest BCUT2D eigenvalue weighted by Gasteiger charge is 2.32. The third-order valence-corrected chi connectivity index (χ3v) is 5.53. The molecule has 178 valence electrons. The van der Waals surface area contributed by atoms with Gasteiger partial charge in [-0.25, -0.2) is 0 Å². The van der Waals surface area contributed by atoms with Gasteiger partial charge in [-0.1, -0.05) is 6.92 Å². The molecule has 0 spiro atoms. The number of hydrogen-bond acceptors (Lipinski definition) is 4. The number of hydrogen-bond donors (Lipinski definition) is 2. The van der Waals surface area contributed by atoms with Crippen LogP contribution in [-0.2, 0) is 4.74 Å². The van der Waals surface area contributed by atoms with E-state index in [4.69, 9.17) is 9.73 Å². The number of guanidine groups is 1. The van der Waals surface area contributed by atoms with Gasteiger partial charge in [-0.2, -0.15) is 13.2 Å². The van der Waals surface area contributed by atoms with Crippen molar-refractivity contribution in [2.45, 2.75) is 39.3 Å². The first kappa shape index (κ1) is 27.7. The molecule has 30 heavy (non-hydrogen) atoms. The van der Waals surface area contributed by atoms with Gasteiger partial charge < -0.3 is 15.4 Å². The molecule has 2 N–H and O–H groups in total. The topological polar surface area (TPSA) is 52.1 Å². The molecule has 6 nitrogen and oxygen atoms in total. The van der Waals surface area contributed by atoms with Crippen LogP contribution in [0.5, 0.6) is 0 Å². The van der Waals surface area contributed by atoms with E-state index in [1.54, 1.807) is 0 Å². The zero-order chi connectivity index (χ0) is 21.1. The lowest BCUT2D eigenvalue weighted by Crippen LogP contribution is -2.42. The Labute approximate surface area is 196 Å². The lowest BCUT2D eigenvalue weighted by Gasteiger charge is -2.32. The van der Waals surface area contributed by atoms with Crippen molar-refractivity contribution in [3.05, 3.63) is 0 Å². The van der Waals surface area contributed by atoms with E-state index in [0.717, 1.165) is 77.7 Å². The first-order valence-electron chi connectivity index (χ1n) is 11.0. The van der Waals surface area contributed by atoms with Gasteiger partial charge in [0.15, 0.2) is 5.96 Å². The van der Waals surface area contributed by atoms with Gasteiger partial charge in [0.25, 0.3) is 0 Å². The fourth-order valence-electron chi connectivity index (χ4n) is 3.95. The van der Waals surface area contributed by atoms with Gasteiger partial charge in [-0.05, 0) is 51.1 Å². The number of rotatable bonds is 9. The molecule has 0 aromatic heterocycles. The minimum atomic E-state index is -4.09. The molecule has 2 saturated heterocycles. The van der Waals surface area contributed by atoms with Crippen molar-refractivity contribution in [2.24, 2.45) is 16.8 Å². The quantitative estimate of drug-likeness (QED) is 0.263. The van der Waals surface area contributed by atoms with Gasteiger partial charge in [-0.3, -0.25) is 14.8 Å². The standard InChI is InChI=1S/C20H38F3N5O.HI/c1-3-24-19(26-14-17(2)15-27-10-12-29-13-11-27)25-7-4-18-5-8-28(9-6-18)16-20(21,22)23;/h17-18H,3-16H2,1-2H3,(H2,24,25,26);1H. The number of likely N-dealkylation sites (tertiary alicyclic amines) is 1. The molecule has 2 heterocycles. The molecular formula is C20H39F3IN5O. The summed E-state index contributed by atoms with van der Waals surface area (Å²) >= 11 is 0. The fourth-order valence-corrected chi connectivity index (χ4v) is 3.95. The maximum atomic E-state index is 12.5. The highest BCUT2D eigenvalue weighted by atomic mass is 127. The molecule has 0 aliphatic carbocycles. The molecule has 2 aliphatic heterocycles. The number of nitrogens with zero attached hydrogens (tertiary/aromatic N) is 3. The number of aliphatic imine (C=N–C) groups is 1. The molecule has 0 radical (unpaired) electrons. The summed E-state index contributed by atoms with van der Waals surface area (Å²) in [5.74, 6) is 1.78. The Morgan fingerprint density at radius 1 is 1.10 bits per heavy atom. The number of alkyl halides is 3. The Morgan fingerprint density at radius 3 is 2.37 bits per heavy atom. The smallest absolute Gasteiger partial charge is 0.379 e. The lowest BCUT2D eigenvalue weighted by atomic mass is 9.93. The molecule has 0 aromatic rings. The summed E-state index contributed by atoms with van der Waals surface area (Å²) in [6.45, 7) is 11.6. The molecule has 0 bridgehead atoms. The van der Waals surface area contributed by atoms with Gasteiger partial charge in [0.1, 0.15) is 0 Å². The van der Waals surface area contributed by atoms with Crippen LogP contribution in [0.3, 0.4) is 0 Å². The van der Waals surface area contributed by atoms with Crippen molar-refractivity contribution < 1.29 is 17.9 Å². The summed E-state index contributed by atoms with van der Waals surface area (Å²) in [6.07, 6.45) is -1.46. The number of morpholine rings is 1. The molecule has 2 rings (SSSR count). The highest BCUT2D eigenvalue weighted by Crippen LogP contribution is 2.23. The summed E-state index contributed by atoms with van der Waals surface area (Å²) in [6, 6.07) is 0. The predicted molar refractivity (Wildman–Crippen MR) is 126 cm³/mol. The van der Waals surface area contributed by atoms with Gasteiger partial charge in [0.2, 0.25) is 0 Å². The summed E-state index contributed by atoms with van der Waals surface area (Å²) in [5, 5.41) is 6.67. The first-order valence-corrected chi connectivity index (χ1v) is 11.0. The zero-order valence-corrected chi connectivity index (χ0v) is 20.7. The second-order valence-corrected chi connectivity index (χ2v) is 8.29. The monoisotopic (exact) mass is 549 g/mol. The molecule has 0 saturated carbocycles. The molecule has 2 aliphatic rings. The Kier molecular flexibility index (Phi) is 13.6. The van der Waals surface area contributed by atoms with Crippen molar-refractivity contribution in [1.82, 2.24) is 20.4 Å². The van der Waals surface area contributed by atoms with E-state index in [9.17, 15) is 13.2 Å². The van der Waals surface area contributed by atoms with Crippen LogP contribution in [0, 0.1) is 11.8 Å². The van der Waals surface area contributed by atoms with E-state index in [2.05, 4.69) is 22.5 Å². The Balaban J connectivity index is 0.00000450. The van der Waals surface area contributed by atoms with Crippen molar-refractivity contribution in [1.29, 1.82) is 0 Å². The van der Waals surface area contributed by atoms with Crippen LogP contribution in [0.2, 0.25) is 0 Å². The predicted octanol–water partition coefficient (Wildman–Crippen LogP) is 2.79. The van der Waals surface area contributed by atoms with Gasteiger partial charge in [0, 0.05) is 39.3 Å². The first-order chi connectivity index (χ1) is 13.9. The van der Waals surface area contributed by atoms with E-state index in [1.807, 2.05) is 6.92 Å². The van der Waals surface area contributed by atoms with Crippen molar-refractivity contribution >= 4 is 29.9 Å². The van der Waals surface area contributed by atoms with Crippen LogP contribution >= 0.6 is 24.0 Å². The van der Waals surface area contributed by atoms with Gasteiger partial charge >= 0.3 is 6.18 Å². The van der Waals surface area contributed by atoms with E-state index in [1.165, 1.54) is 4.90 Å².